The Morgan fingerprint density at radius 1 is 1.10 bits per heavy atom. The zero-order valence-corrected chi connectivity index (χ0v) is 12.1. The number of aryl methyl sites for hydroxylation is 2. The van der Waals surface area contributed by atoms with Gasteiger partial charge in [-0.2, -0.15) is 0 Å². The number of thiocarbonyl (C=S) groups is 1. The molecule has 0 atom stereocenters. The van der Waals surface area contributed by atoms with Gasteiger partial charge in [0.1, 0.15) is 17.3 Å². The lowest BCUT2D eigenvalue weighted by Crippen LogP contribution is -2.13. The zero-order chi connectivity index (χ0) is 13.9. The number of hydrogen-bond acceptors (Lipinski definition) is 2. The third-order valence-corrected chi connectivity index (χ3v) is 3.97. The number of fused-ring (bicyclic) bond motifs is 1. The fourth-order valence-electron chi connectivity index (χ4n) is 2.69. The minimum absolute atomic E-state index is 0.415. The van der Waals surface area contributed by atoms with Crippen LogP contribution in [0.25, 0.3) is 0 Å². The Balaban J connectivity index is 1.75. The molecule has 2 nitrogen and oxygen atoms in total. The highest BCUT2D eigenvalue weighted by molar-refractivity contribution is 7.80. The summed E-state index contributed by atoms with van der Waals surface area (Å²) in [6.45, 7) is 0.492. The van der Waals surface area contributed by atoms with Crippen molar-refractivity contribution in [3.8, 4) is 5.75 Å². The largest absolute Gasteiger partial charge is 0.489 e. The summed E-state index contributed by atoms with van der Waals surface area (Å²) >= 11 is 5.07. The molecule has 3 rings (SSSR count). The SMILES string of the molecule is NC(=S)c1ccccc1COc1ccc2c(c1)CCC2. The molecule has 0 amide bonds. The molecule has 2 N–H and O–H groups in total. The molecule has 0 spiro atoms. The van der Waals surface area contributed by atoms with Crippen LogP contribution in [0.3, 0.4) is 0 Å². The van der Waals surface area contributed by atoms with Gasteiger partial charge in [-0.25, -0.2) is 0 Å². The average Bonchev–Trinajstić information content (AvgIpc) is 2.92. The molecule has 0 fully saturated rings. The van der Waals surface area contributed by atoms with Crippen LogP contribution in [0.4, 0.5) is 0 Å². The van der Waals surface area contributed by atoms with Gasteiger partial charge in [0.15, 0.2) is 0 Å². The molecule has 0 aliphatic heterocycles. The van der Waals surface area contributed by atoms with Crippen LogP contribution in [0.2, 0.25) is 0 Å². The minimum Gasteiger partial charge on any atom is -0.489 e. The number of benzene rings is 2. The number of hydrogen-bond donors (Lipinski definition) is 1. The molecular formula is C17H17NOS. The van der Waals surface area contributed by atoms with Gasteiger partial charge >= 0.3 is 0 Å². The Hall–Kier alpha value is -1.87. The van der Waals surface area contributed by atoms with Gasteiger partial charge in [0.05, 0.1) is 0 Å². The predicted octanol–water partition coefficient (Wildman–Crippen LogP) is 3.39. The second-order valence-electron chi connectivity index (χ2n) is 5.09. The van der Waals surface area contributed by atoms with Gasteiger partial charge in [-0.3, -0.25) is 0 Å². The zero-order valence-electron chi connectivity index (χ0n) is 11.3. The summed E-state index contributed by atoms with van der Waals surface area (Å²) in [6.07, 6.45) is 3.61. The molecule has 2 aromatic carbocycles. The highest BCUT2D eigenvalue weighted by Gasteiger charge is 2.11. The van der Waals surface area contributed by atoms with Crippen LogP contribution in [-0.4, -0.2) is 4.99 Å². The lowest BCUT2D eigenvalue weighted by atomic mass is 10.1. The summed E-state index contributed by atoms with van der Waals surface area (Å²) in [5.41, 5.74) is 10.5. The fraction of sp³-hybridized carbons (Fsp3) is 0.235. The Labute approximate surface area is 124 Å². The van der Waals surface area contributed by atoms with Crippen LogP contribution < -0.4 is 10.5 Å². The van der Waals surface area contributed by atoms with E-state index in [-0.39, 0.29) is 0 Å². The highest BCUT2D eigenvalue weighted by Crippen LogP contribution is 2.26. The van der Waals surface area contributed by atoms with Crippen molar-refractivity contribution >= 4 is 17.2 Å². The quantitative estimate of drug-likeness (QED) is 0.874. The van der Waals surface area contributed by atoms with E-state index < -0.39 is 0 Å². The van der Waals surface area contributed by atoms with E-state index >= 15 is 0 Å². The van der Waals surface area contributed by atoms with Crippen molar-refractivity contribution in [2.24, 2.45) is 5.73 Å². The van der Waals surface area contributed by atoms with Gasteiger partial charge < -0.3 is 10.5 Å². The summed E-state index contributed by atoms with van der Waals surface area (Å²) in [5.74, 6) is 0.920. The van der Waals surface area contributed by atoms with Gasteiger partial charge in [-0.05, 0) is 48.1 Å². The Bertz CT molecular complexity index is 651. The number of rotatable bonds is 4. The first kappa shape index (κ1) is 13.1. The van der Waals surface area contributed by atoms with E-state index in [1.165, 1.54) is 24.0 Å². The van der Waals surface area contributed by atoms with Gasteiger partial charge in [-0.15, -0.1) is 0 Å². The molecule has 1 aliphatic rings. The van der Waals surface area contributed by atoms with Crippen molar-refractivity contribution in [2.75, 3.05) is 0 Å². The third-order valence-electron chi connectivity index (χ3n) is 3.75. The maximum Gasteiger partial charge on any atom is 0.120 e. The first-order valence-electron chi connectivity index (χ1n) is 6.86. The summed E-state index contributed by atoms with van der Waals surface area (Å²) < 4.78 is 5.89. The average molecular weight is 283 g/mol. The van der Waals surface area contributed by atoms with Gasteiger partial charge in [0, 0.05) is 5.56 Å². The van der Waals surface area contributed by atoms with Crippen molar-refractivity contribution in [2.45, 2.75) is 25.9 Å². The smallest absolute Gasteiger partial charge is 0.120 e. The van der Waals surface area contributed by atoms with E-state index in [2.05, 4.69) is 12.1 Å². The van der Waals surface area contributed by atoms with Crippen LogP contribution in [0.15, 0.2) is 42.5 Å². The van der Waals surface area contributed by atoms with Crippen molar-refractivity contribution in [3.05, 3.63) is 64.7 Å². The maximum atomic E-state index is 5.89. The predicted molar refractivity (Wildman–Crippen MR) is 85.1 cm³/mol. The standard InChI is InChI=1S/C17H17NOS/c18-17(20)16-7-2-1-4-14(16)11-19-15-9-8-12-5-3-6-13(12)10-15/h1-2,4,7-10H,3,5-6,11H2,(H2,18,20). The normalized spacial score (nSPS) is 13.0. The maximum absolute atomic E-state index is 5.89. The Kier molecular flexibility index (Phi) is 3.70. The molecule has 0 unspecified atom stereocenters. The molecule has 102 valence electrons. The lowest BCUT2D eigenvalue weighted by molar-refractivity contribution is 0.306. The van der Waals surface area contributed by atoms with Crippen molar-refractivity contribution in [1.29, 1.82) is 0 Å². The third kappa shape index (κ3) is 2.68. The second-order valence-corrected chi connectivity index (χ2v) is 5.53. The first-order chi connectivity index (χ1) is 9.74. The highest BCUT2D eigenvalue weighted by atomic mass is 32.1. The van der Waals surface area contributed by atoms with Crippen LogP contribution in [-0.2, 0) is 19.4 Å². The Morgan fingerprint density at radius 2 is 1.90 bits per heavy atom. The second kappa shape index (κ2) is 5.63. The van der Waals surface area contributed by atoms with Crippen molar-refractivity contribution in [1.82, 2.24) is 0 Å². The number of nitrogens with two attached hydrogens (primary N) is 1. The molecule has 1 aliphatic carbocycles. The number of ether oxygens (including phenoxy) is 1. The van der Waals surface area contributed by atoms with E-state index in [4.69, 9.17) is 22.7 Å². The molecule has 0 radical (unpaired) electrons. The van der Waals surface area contributed by atoms with Gasteiger partial charge in [0.2, 0.25) is 0 Å². The molecule has 0 saturated heterocycles. The van der Waals surface area contributed by atoms with Gasteiger partial charge in [0.25, 0.3) is 0 Å². The van der Waals surface area contributed by atoms with E-state index in [9.17, 15) is 0 Å². The van der Waals surface area contributed by atoms with E-state index in [1.807, 2.05) is 30.3 Å². The molecule has 2 aromatic rings. The summed E-state index contributed by atoms with van der Waals surface area (Å²) in [7, 11) is 0. The van der Waals surface area contributed by atoms with Crippen LogP contribution >= 0.6 is 12.2 Å². The molecule has 0 saturated carbocycles. The molecule has 0 bridgehead atoms. The molecular weight excluding hydrogens is 266 g/mol. The van der Waals surface area contributed by atoms with Gasteiger partial charge in [-0.1, -0.05) is 42.5 Å². The molecule has 3 heteroatoms. The topological polar surface area (TPSA) is 35.2 Å². The van der Waals surface area contributed by atoms with E-state index in [0.29, 0.717) is 11.6 Å². The minimum atomic E-state index is 0.415. The summed E-state index contributed by atoms with van der Waals surface area (Å²) in [4.78, 5) is 0.415. The molecule has 0 aromatic heterocycles. The Morgan fingerprint density at radius 3 is 2.75 bits per heavy atom. The fourth-order valence-corrected chi connectivity index (χ4v) is 2.88. The monoisotopic (exact) mass is 283 g/mol. The molecule has 0 heterocycles. The van der Waals surface area contributed by atoms with Crippen molar-refractivity contribution in [3.63, 3.8) is 0 Å². The summed E-state index contributed by atoms with van der Waals surface area (Å²) in [6, 6.07) is 14.2. The van der Waals surface area contributed by atoms with Crippen molar-refractivity contribution < 1.29 is 4.74 Å². The van der Waals surface area contributed by atoms with Crippen LogP contribution in [0.5, 0.6) is 5.75 Å². The molecule has 20 heavy (non-hydrogen) atoms. The van der Waals surface area contributed by atoms with E-state index in [0.717, 1.165) is 23.3 Å². The van der Waals surface area contributed by atoms with E-state index in [1.54, 1.807) is 0 Å². The van der Waals surface area contributed by atoms with Crippen LogP contribution in [0, 0.1) is 0 Å². The lowest BCUT2D eigenvalue weighted by Gasteiger charge is -2.11. The summed E-state index contributed by atoms with van der Waals surface area (Å²) in [5, 5.41) is 0. The first-order valence-corrected chi connectivity index (χ1v) is 7.27. The van der Waals surface area contributed by atoms with Crippen LogP contribution in [0.1, 0.15) is 28.7 Å².